The van der Waals surface area contributed by atoms with E-state index in [9.17, 15) is 19.8 Å². The Balaban J connectivity index is 3.43. The molecule has 2 atom stereocenters. The van der Waals surface area contributed by atoms with Crippen LogP contribution in [0.25, 0.3) is 0 Å². The van der Waals surface area contributed by atoms with Crippen LogP contribution in [-0.2, 0) is 14.3 Å². The molecule has 0 fully saturated rings. The van der Waals surface area contributed by atoms with E-state index < -0.39 is 12.1 Å². The van der Waals surface area contributed by atoms with E-state index >= 15 is 0 Å². The van der Waals surface area contributed by atoms with Crippen LogP contribution in [0.4, 0.5) is 0 Å². The molecule has 0 aromatic rings. The first-order chi connectivity index (χ1) is 30.0. The first kappa shape index (κ1) is 59.9. The summed E-state index contributed by atoms with van der Waals surface area (Å²) in [6.07, 6.45) is 57.9. The third-order valence-corrected chi connectivity index (χ3v) is 13.2. The highest BCUT2D eigenvalue weighted by Crippen LogP contribution is 2.18. The van der Waals surface area contributed by atoms with Gasteiger partial charge in [-0.1, -0.05) is 277 Å². The number of unbranched alkanes of at least 4 members (excludes halogenated alkanes) is 41. The zero-order valence-corrected chi connectivity index (χ0v) is 41.4. The van der Waals surface area contributed by atoms with E-state index in [4.69, 9.17) is 4.74 Å². The van der Waals surface area contributed by atoms with Gasteiger partial charge in [0.15, 0.2) is 0 Å². The Labute approximate surface area is 381 Å². The summed E-state index contributed by atoms with van der Waals surface area (Å²) in [6, 6.07) is -0.548. The summed E-state index contributed by atoms with van der Waals surface area (Å²) in [5, 5.41) is 23.3. The molecule has 0 aromatic heterocycles. The fourth-order valence-electron chi connectivity index (χ4n) is 8.88. The molecule has 0 saturated heterocycles. The Morgan fingerprint density at radius 1 is 0.393 bits per heavy atom. The van der Waals surface area contributed by atoms with Crippen LogP contribution in [0.2, 0.25) is 0 Å². The molecular formula is C55H109NO5. The Kier molecular flexibility index (Phi) is 50.5. The van der Waals surface area contributed by atoms with Gasteiger partial charge in [-0.05, 0) is 25.7 Å². The first-order valence-electron chi connectivity index (χ1n) is 27.8. The largest absolute Gasteiger partial charge is 0.466 e. The van der Waals surface area contributed by atoms with Crippen molar-refractivity contribution in [3.8, 4) is 0 Å². The fourth-order valence-corrected chi connectivity index (χ4v) is 8.88. The zero-order valence-electron chi connectivity index (χ0n) is 41.4. The monoisotopic (exact) mass is 864 g/mol. The van der Waals surface area contributed by atoms with Crippen LogP contribution in [0.3, 0.4) is 0 Å². The topological polar surface area (TPSA) is 95.9 Å². The van der Waals surface area contributed by atoms with Gasteiger partial charge in [-0.3, -0.25) is 9.59 Å². The predicted octanol–water partition coefficient (Wildman–Crippen LogP) is 16.7. The van der Waals surface area contributed by atoms with Gasteiger partial charge in [0.05, 0.1) is 25.4 Å². The van der Waals surface area contributed by atoms with Crippen molar-refractivity contribution in [3.63, 3.8) is 0 Å². The minimum atomic E-state index is -0.670. The summed E-state index contributed by atoms with van der Waals surface area (Å²) in [4.78, 5) is 24.5. The SMILES string of the molecule is CCCCCCCCCCCCCCCCCCCCC(O)C(CO)NC(=O)CCCCCCCCCCCCCCCCOC(=O)CCCCCCCCCCCCCC. The third-order valence-electron chi connectivity index (χ3n) is 13.2. The Hall–Kier alpha value is -1.14. The Morgan fingerprint density at radius 3 is 1.00 bits per heavy atom. The van der Waals surface area contributed by atoms with Gasteiger partial charge in [0.2, 0.25) is 5.91 Å². The maximum atomic E-state index is 12.5. The van der Waals surface area contributed by atoms with Crippen LogP contribution >= 0.6 is 0 Å². The lowest BCUT2D eigenvalue weighted by Gasteiger charge is -2.22. The average Bonchev–Trinajstić information content (AvgIpc) is 3.26. The summed E-state index contributed by atoms with van der Waals surface area (Å²) < 4.78 is 5.46. The van der Waals surface area contributed by atoms with Crippen molar-refractivity contribution < 1.29 is 24.5 Å². The molecule has 2 unspecified atom stereocenters. The van der Waals surface area contributed by atoms with Crippen molar-refractivity contribution in [2.24, 2.45) is 0 Å². The molecular weight excluding hydrogens is 755 g/mol. The van der Waals surface area contributed by atoms with Crippen molar-refractivity contribution in [1.29, 1.82) is 0 Å². The molecule has 61 heavy (non-hydrogen) atoms. The van der Waals surface area contributed by atoms with Crippen LogP contribution in [-0.4, -0.2) is 47.4 Å². The quantitative estimate of drug-likeness (QED) is 0.0418. The second-order valence-electron chi connectivity index (χ2n) is 19.3. The number of aliphatic hydroxyl groups excluding tert-OH is 2. The summed E-state index contributed by atoms with van der Waals surface area (Å²) >= 11 is 0. The molecule has 6 nitrogen and oxygen atoms in total. The molecule has 0 aliphatic rings. The Morgan fingerprint density at radius 2 is 0.672 bits per heavy atom. The minimum absolute atomic E-state index is 0.000476. The van der Waals surface area contributed by atoms with E-state index in [2.05, 4.69) is 19.2 Å². The highest BCUT2D eigenvalue weighted by atomic mass is 16.5. The van der Waals surface area contributed by atoms with Crippen molar-refractivity contribution in [1.82, 2.24) is 5.32 Å². The van der Waals surface area contributed by atoms with E-state index in [1.54, 1.807) is 0 Å². The number of hydrogen-bond donors (Lipinski definition) is 3. The molecule has 6 heteroatoms. The molecule has 1 amide bonds. The predicted molar refractivity (Wildman–Crippen MR) is 264 cm³/mol. The summed E-state index contributed by atoms with van der Waals surface area (Å²) in [5.41, 5.74) is 0. The molecule has 0 aromatic carbocycles. The lowest BCUT2D eigenvalue weighted by Crippen LogP contribution is -2.45. The highest BCUT2D eigenvalue weighted by Gasteiger charge is 2.20. The first-order valence-corrected chi connectivity index (χ1v) is 27.8. The maximum absolute atomic E-state index is 12.5. The van der Waals surface area contributed by atoms with E-state index in [0.29, 0.717) is 25.9 Å². The standard InChI is InChI=1S/C55H109NO5/c1-3-5-7-9-11-13-15-17-18-19-20-21-24-27-31-35-39-43-47-53(58)52(51-57)56-54(59)48-44-40-36-32-28-25-22-23-26-30-34-38-42-46-50-61-55(60)49-45-41-37-33-29-16-14-12-10-8-6-4-2/h52-53,57-58H,3-51H2,1-2H3,(H,56,59). The van der Waals surface area contributed by atoms with Gasteiger partial charge in [-0.15, -0.1) is 0 Å². The number of aliphatic hydroxyl groups is 2. The number of hydrogen-bond acceptors (Lipinski definition) is 5. The van der Waals surface area contributed by atoms with Crippen LogP contribution in [0.5, 0.6) is 0 Å². The van der Waals surface area contributed by atoms with E-state index in [0.717, 1.165) is 51.4 Å². The third kappa shape index (κ3) is 48.2. The number of amides is 1. The number of nitrogens with one attached hydrogen (secondary N) is 1. The van der Waals surface area contributed by atoms with Crippen molar-refractivity contribution in [2.45, 2.75) is 328 Å². The molecule has 0 spiro atoms. The van der Waals surface area contributed by atoms with Crippen molar-refractivity contribution >= 4 is 11.9 Å². The number of carbonyl (C=O) groups is 2. The maximum Gasteiger partial charge on any atom is 0.305 e. The number of rotatable bonds is 52. The van der Waals surface area contributed by atoms with Crippen LogP contribution < -0.4 is 5.32 Å². The fraction of sp³-hybridized carbons (Fsp3) is 0.964. The van der Waals surface area contributed by atoms with Crippen molar-refractivity contribution in [2.75, 3.05) is 13.2 Å². The second kappa shape index (κ2) is 51.5. The molecule has 0 aliphatic carbocycles. The van der Waals surface area contributed by atoms with Crippen LogP contribution in [0, 0.1) is 0 Å². The second-order valence-corrected chi connectivity index (χ2v) is 19.3. The molecule has 3 N–H and O–H groups in total. The van der Waals surface area contributed by atoms with Crippen molar-refractivity contribution in [3.05, 3.63) is 0 Å². The number of ether oxygens (including phenoxy) is 1. The molecule has 0 heterocycles. The summed E-state index contributed by atoms with van der Waals surface area (Å²) in [6.45, 7) is 4.95. The molecule has 0 radical (unpaired) electrons. The summed E-state index contributed by atoms with van der Waals surface area (Å²) in [5.74, 6) is -0.0426. The van der Waals surface area contributed by atoms with Gasteiger partial charge in [0.1, 0.15) is 0 Å². The molecule has 364 valence electrons. The minimum Gasteiger partial charge on any atom is -0.466 e. The van der Waals surface area contributed by atoms with Gasteiger partial charge in [0, 0.05) is 12.8 Å². The lowest BCUT2D eigenvalue weighted by molar-refractivity contribution is -0.143. The lowest BCUT2D eigenvalue weighted by atomic mass is 10.0. The normalized spacial score (nSPS) is 12.5. The molecule has 0 saturated carbocycles. The molecule has 0 rings (SSSR count). The van der Waals surface area contributed by atoms with Gasteiger partial charge in [0.25, 0.3) is 0 Å². The van der Waals surface area contributed by atoms with Crippen LogP contribution in [0.15, 0.2) is 0 Å². The van der Waals surface area contributed by atoms with Gasteiger partial charge < -0.3 is 20.3 Å². The smallest absolute Gasteiger partial charge is 0.305 e. The van der Waals surface area contributed by atoms with Gasteiger partial charge >= 0.3 is 5.97 Å². The average molecular weight is 864 g/mol. The van der Waals surface area contributed by atoms with Crippen LogP contribution in [0.1, 0.15) is 316 Å². The Bertz CT molecular complexity index is 867. The van der Waals surface area contributed by atoms with E-state index in [1.165, 1.54) is 231 Å². The summed E-state index contributed by atoms with van der Waals surface area (Å²) in [7, 11) is 0. The van der Waals surface area contributed by atoms with E-state index in [-0.39, 0.29) is 18.5 Å². The zero-order chi connectivity index (χ0) is 44.4. The highest BCUT2D eigenvalue weighted by molar-refractivity contribution is 5.76. The van der Waals surface area contributed by atoms with Gasteiger partial charge in [-0.25, -0.2) is 0 Å². The van der Waals surface area contributed by atoms with E-state index in [1.807, 2.05) is 0 Å². The number of carbonyl (C=O) groups excluding carboxylic acids is 2. The number of esters is 1. The molecule has 0 bridgehead atoms. The molecule has 0 aliphatic heterocycles. The van der Waals surface area contributed by atoms with Gasteiger partial charge in [-0.2, -0.15) is 0 Å².